The third-order valence-corrected chi connectivity index (χ3v) is 6.13. The highest BCUT2D eigenvalue weighted by molar-refractivity contribution is 6.09. The fourth-order valence-corrected chi connectivity index (χ4v) is 5.08. The summed E-state index contributed by atoms with van der Waals surface area (Å²) in [6, 6.07) is 6.64. The average molecular weight is 342 g/mol. The molecule has 1 heterocycles. The first-order valence-corrected chi connectivity index (χ1v) is 9.26. The van der Waals surface area contributed by atoms with Gasteiger partial charge in [-0.05, 0) is 61.4 Å². The molecule has 0 spiro atoms. The van der Waals surface area contributed by atoms with E-state index in [0.29, 0.717) is 6.04 Å². The molecule has 1 unspecified atom stereocenters. The monoisotopic (exact) mass is 342 g/mol. The molecule has 1 aromatic rings. The van der Waals surface area contributed by atoms with Crippen molar-refractivity contribution in [2.45, 2.75) is 63.5 Å². The smallest absolute Gasteiger partial charge is 0.405 e. The number of hydrogen-bond donors (Lipinski definition) is 2. The van der Waals surface area contributed by atoms with E-state index in [1.807, 2.05) is 6.07 Å². The number of nitrogens with zero attached hydrogens (tertiary/aromatic N) is 1. The Hall–Kier alpha value is -2.04. The quantitative estimate of drug-likeness (QED) is 0.826. The maximum Gasteiger partial charge on any atom is 0.405 e. The number of aliphatic imine (C=N–C) groups is 1. The van der Waals surface area contributed by atoms with Crippen molar-refractivity contribution < 1.29 is 14.6 Å². The second-order valence-electron chi connectivity index (χ2n) is 8.02. The van der Waals surface area contributed by atoms with Crippen molar-refractivity contribution in [3.8, 4) is 5.75 Å². The molecule has 2 N–H and O–H groups in total. The van der Waals surface area contributed by atoms with Gasteiger partial charge in [-0.1, -0.05) is 19.8 Å². The van der Waals surface area contributed by atoms with Crippen molar-refractivity contribution in [2.24, 2.45) is 10.4 Å². The minimum absolute atomic E-state index is 0.0800. The lowest BCUT2D eigenvalue weighted by molar-refractivity contribution is -0.0938. The zero-order valence-electron chi connectivity index (χ0n) is 15.0. The molecule has 134 valence electrons. The lowest BCUT2D eigenvalue weighted by Gasteiger charge is -2.70. The number of benzene rings is 1. The zero-order valence-corrected chi connectivity index (χ0v) is 15.0. The largest absolute Gasteiger partial charge is 0.497 e. The standard InChI is InChI=1S/C20H26N2O3/c1-3-4-5-14-8-13-9-15(25-2)6-7-16(13)17(21-14)19-10-20(11-19,12-19)22-18(23)24/h6-7,9,14,22H,3-5,8,10-12H2,1-2H3,(H,23,24). The number of methoxy groups -OCH3 is 1. The SMILES string of the molecule is CCCCC1Cc2cc(OC)ccc2C(C23CC(NC(=O)O)(C2)C3)=N1. The van der Waals surface area contributed by atoms with Gasteiger partial charge in [0, 0.05) is 16.7 Å². The number of rotatable bonds is 6. The molecule has 3 aliphatic carbocycles. The highest BCUT2D eigenvalue weighted by Gasteiger charge is 2.71. The van der Waals surface area contributed by atoms with Crippen molar-refractivity contribution in [3.63, 3.8) is 0 Å². The van der Waals surface area contributed by atoms with Crippen LogP contribution in [-0.4, -0.2) is 35.6 Å². The minimum Gasteiger partial charge on any atom is -0.497 e. The zero-order chi connectivity index (χ0) is 17.7. The van der Waals surface area contributed by atoms with Crippen molar-refractivity contribution in [2.75, 3.05) is 7.11 Å². The third kappa shape index (κ3) is 2.60. The summed E-state index contributed by atoms with van der Waals surface area (Å²) in [5, 5.41) is 11.7. The molecule has 25 heavy (non-hydrogen) atoms. The Labute approximate surface area is 148 Å². The number of ether oxygens (including phenoxy) is 1. The Morgan fingerprint density at radius 3 is 2.80 bits per heavy atom. The summed E-state index contributed by atoms with van der Waals surface area (Å²) in [6.07, 6.45) is 6.22. The van der Waals surface area contributed by atoms with Crippen molar-refractivity contribution in [1.29, 1.82) is 0 Å². The Balaban J connectivity index is 1.62. The summed E-state index contributed by atoms with van der Waals surface area (Å²) in [6.45, 7) is 2.22. The van der Waals surface area contributed by atoms with Crippen LogP contribution in [0, 0.1) is 5.41 Å². The first-order chi connectivity index (χ1) is 12.0. The van der Waals surface area contributed by atoms with Gasteiger partial charge in [0.2, 0.25) is 0 Å². The third-order valence-electron chi connectivity index (χ3n) is 6.13. The van der Waals surface area contributed by atoms with Gasteiger partial charge in [0.15, 0.2) is 0 Å². The number of nitrogens with one attached hydrogen (secondary N) is 1. The van der Waals surface area contributed by atoms with Crippen LogP contribution in [0.1, 0.15) is 56.6 Å². The number of hydrogen-bond acceptors (Lipinski definition) is 3. The van der Waals surface area contributed by atoms with Gasteiger partial charge < -0.3 is 15.2 Å². The molecule has 1 aromatic carbocycles. The van der Waals surface area contributed by atoms with Gasteiger partial charge >= 0.3 is 6.09 Å². The highest BCUT2D eigenvalue weighted by Crippen LogP contribution is 2.69. The first kappa shape index (κ1) is 16.4. The van der Waals surface area contributed by atoms with E-state index in [9.17, 15) is 4.79 Å². The van der Waals surface area contributed by atoms with E-state index in [1.165, 1.54) is 29.7 Å². The molecule has 5 heteroatoms. The lowest BCUT2D eigenvalue weighted by atomic mass is 9.37. The van der Waals surface area contributed by atoms with E-state index in [1.54, 1.807) is 7.11 Å². The van der Waals surface area contributed by atoms with Gasteiger partial charge in [-0.25, -0.2) is 4.79 Å². The Morgan fingerprint density at radius 1 is 1.40 bits per heavy atom. The fourth-order valence-electron chi connectivity index (χ4n) is 5.08. The van der Waals surface area contributed by atoms with Crippen LogP contribution in [0.5, 0.6) is 5.75 Å². The van der Waals surface area contributed by atoms with Crippen LogP contribution in [0.2, 0.25) is 0 Å². The molecule has 1 atom stereocenters. The maximum atomic E-state index is 11.0. The van der Waals surface area contributed by atoms with Gasteiger partial charge in [-0.2, -0.15) is 0 Å². The molecule has 2 bridgehead atoms. The lowest BCUT2D eigenvalue weighted by Crippen LogP contribution is -2.77. The molecule has 3 saturated carbocycles. The molecule has 1 amide bonds. The molecule has 0 aromatic heterocycles. The summed E-state index contributed by atoms with van der Waals surface area (Å²) in [5.41, 5.74) is 3.67. The van der Waals surface area contributed by atoms with Crippen LogP contribution in [0.25, 0.3) is 0 Å². The number of unbranched alkanes of at least 4 members (excludes halogenated alkanes) is 1. The molecule has 5 rings (SSSR count). The van der Waals surface area contributed by atoms with Crippen LogP contribution in [0.4, 0.5) is 4.79 Å². The highest BCUT2D eigenvalue weighted by atomic mass is 16.5. The van der Waals surface area contributed by atoms with Gasteiger partial charge in [-0.15, -0.1) is 0 Å². The molecule has 0 radical (unpaired) electrons. The van der Waals surface area contributed by atoms with E-state index in [4.69, 9.17) is 14.8 Å². The predicted octanol–water partition coefficient (Wildman–Crippen LogP) is 3.79. The van der Waals surface area contributed by atoms with E-state index in [2.05, 4.69) is 24.4 Å². The molecule has 0 saturated heterocycles. The summed E-state index contributed by atoms with van der Waals surface area (Å²) >= 11 is 0. The van der Waals surface area contributed by atoms with Gasteiger partial charge in [0.05, 0.1) is 13.2 Å². The second kappa shape index (κ2) is 5.75. The van der Waals surface area contributed by atoms with Gasteiger partial charge in [-0.3, -0.25) is 4.99 Å². The average Bonchev–Trinajstić information content (AvgIpc) is 2.53. The first-order valence-electron chi connectivity index (χ1n) is 9.26. The van der Waals surface area contributed by atoms with Gasteiger partial charge in [0.1, 0.15) is 5.75 Å². The van der Waals surface area contributed by atoms with Crippen molar-refractivity contribution >= 4 is 11.8 Å². The van der Waals surface area contributed by atoms with Crippen LogP contribution < -0.4 is 10.1 Å². The molecule has 5 nitrogen and oxygen atoms in total. The van der Waals surface area contributed by atoms with Crippen molar-refractivity contribution in [1.82, 2.24) is 5.32 Å². The summed E-state index contributed by atoms with van der Waals surface area (Å²) in [7, 11) is 1.70. The van der Waals surface area contributed by atoms with E-state index < -0.39 is 6.09 Å². The molecule has 1 aliphatic heterocycles. The fraction of sp³-hybridized carbons (Fsp3) is 0.600. The topological polar surface area (TPSA) is 70.9 Å². The molecular formula is C20H26N2O3. The number of fused-ring (bicyclic) bond motifs is 1. The Bertz CT molecular complexity index is 721. The summed E-state index contributed by atoms with van der Waals surface area (Å²) in [5.74, 6) is 0.899. The Morgan fingerprint density at radius 2 is 2.16 bits per heavy atom. The van der Waals surface area contributed by atoms with Crippen LogP contribution in [-0.2, 0) is 6.42 Å². The van der Waals surface area contributed by atoms with Crippen LogP contribution in [0.15, 0.2) is 23.2 Å². The normalized spacial score (nSPS) is 31.9. The minimum atomic E-state index is -0.912. The molecular weight excluding hydrogens is 316 g/mol. The van der Waals surface area contributed by atoms with Crippen LogP contribution >= 0.6 is 0 Å². The van der Waals surface area contributed by atoms with E-state index in [-0.39, 0.29) is 11.0 Å². The van der Waals surface area contributed by atoms with Crippen molar-refractivity contribution in [3.05, 3.63) is 29.3 Å². The number of carboxylic acid groups (broad SMARTS) is 1. The molecule has 3 fully saturated rings. The summed E-state index contributed by atoms with van der Waals surface area (Å²) < 4.78 is 5.41. The van der Waals surface area contributed by atoms with Crippen LogP contribution in [0.3, 0.4) is 0 Å². The maximum absolute atomic E-state index is 11.0. The van der Waals surface area contributed by atoms with E-state index in [0.717, 1.165) is 37.9 Å². The Kier molecular flexibility index (Phi) is 3.78. The second-order valence-corrected chi connectivity index (χ2v) is 8.02. The number of amides is 1. The predicted molar refractivity (Wildman–Crippen MR) is 96.7 cm³/mol. The van der Waals surface area contributed by atoms with E-state index >= 15 is 0 Å². The summed E-state index contributed by atoms with van der Waals surface area (Å²) in [4.78, 5) is 16.2. The van der Waals surface area contributed by atoms with Gasteiger partial charge in [0.25, 0.3) is 0 Å². The molecule has 4 aliphatic rings. The number of carbonyl (C=O) groups is 1.